The summed E-state index contributed by atoms with van der Waals surface area (Å²) in [6.45, 7) is 9.21. The first kappa shape index (κ1) is 18.7. The van der Waals surface area contributed by atoms with E-state index in [9.17, 15) is 0 Å². The molecule has 0 atom stereocenters. The average molecular weight is 295 g/mol. The Labute approximate surface area is 121 Å². The van der Waals surface area contributed by atoms with E-state index >= 15 is 0 Å². The number of unbranched alkanes of at least 4 members (excludes halogenated alkanes) is 4. The Bertz CT molecular complexity index is 160. The van der Waals surface area contributed by atoms with Crippen molar-refractivity contribution in [3.05, 3.63) is 0 Å². The fraction of sp³-hybridized carbons (Fsp3) is 1.00. The molecule has 0 aromatic carbocycles. The molecule has 0 fully saturated rings. The third-order valence-corrected chi connectivity index (χ3v) is 12.0. The van der Waals surface area contributed by atoms with Gasteiger partial charge in [0.1, 0.15) is 0 Å². The summed E-state index contributed by atoms with van der Waals surface area (Å²) in [6, 6.07) is 0. The van der Waals surface area contributed by atoms with Gasteiger partial charge in [-0.2, -0.15) is 0 Å². The maximum atomic E-state index is 7.44. The summed E-state index contributed by atoms with van der Waals surface area (Å²) in [7, 11) is 0. The summed E-state index contributed by atoms with van der Waals surface area (Å²) < 4.78 is 0. The molecule has 0 amide bonds. The van der Waals surface area contributed by atoms with Crippen LogP contribution in [0.4, 0.5) is 0 Å². The number of hydrogen-bond acceptors (Lipinski definition) is 0. The fourth-order valence-corrected chi connectivity index (χ4v) is 10.1. The molecule has 0 radical (unpaired) electrons. The Morgan fingerprint density at radius 3 is 0.944 bits per heavy atom. The van der Waals surface area contributed by atoms with Crippen molar-refractivity contribution in [2.45, 2.75) is 79.1 Å². The number of hydrogen-bond donors (Lipinski definition) is 0. The Morgan fingerprint density at radius 1 is 0.556 bits per heavy atom. The van der Waals surface area contributed by atoms with Gasteiger partial charge in [-0.15, -0.1) is 0 Å². The Kier molecular flexibility index (Phi) is 9.98. The van der Waals surface area contributed by atoms with Crippen LogP contribution < -0.4 is 0 Å². The molecule has 2 heteroatoms. The van der Waals surface area contributed by atoms with Crippen LogP contribution in [-0.4, -0.2) is 24.6 Å². The van der Waals surface area contributed by atoms with Crippen molar-refractivity contribution < 1.29 is 0 Å². The van der Waals surface area contributed by atoms with E-state index in [4.69, 9.17) is 11.2 Å². The topological polar surface area (TPSA) is 0 Å². The molecule has 18 heavy (non-hydrogen) atoms. The van der Waals surface area contributed by atoms with Crippen molar-refractivity contribution in [3.8, 4) is 0 Å². The zero-order valence-corrected chi connectivity index (χ0v) is 15.0. The van der Waals surface area contributed by atoms with Crippen LogP contribution in [0.5, 0.6) is 0 Å². The second-order valence-electron chi connectivity index (χ2n) is 6.13. The maximum absolute atomic E-state index is 7.44. The molecule has 0 saturated carbocycles. The first-order chi connectivity index (χ1) is 8.54. The van der Waals surface area contributed by atoms with E-state index in [-0.39, 0.29) is 0 Å². The summed E-state index contributed by atoms with van der Waals surface area (Å²) >= 11 is 7.44. The van der Waals surface area contributed by atoms with Crippen LogP contribution in [0.15, 0.2) is 0 Å². The molecule has 0 aliphatic carbocycles. The monoisotopic (exact) mass is 294 g/mol. The summed E-state index contributed by atoms with van der Waals surface area (Å²) in [4.78, 5) is 0. The van der Waals surface area contributed by atoms with Crippen molar-refractivity contribution >= 4 is 17.2 Å². The summed E-state index contributed by atoms with van der Waals surface area (Å²) in [6.07, 6.45) is 16.0. The average Bonchev–Trinajstić information content (AvgIpc) is 2.40. The van der Waals surface area contributed by atoms with Gasteiger partial charge < -0.3 is 0 Å². The third kappa shape index (κ3) is 6.76. The molecule has 0 aliphatic heterocycles. The number of rotatable bonds is 12. The van der Waals surface area contributed by atoms with E-state index < -0.39 is 5.96 Å². The second-order valence-corrected chi connectivity index (χ2v) is 14.4. The fourth-order valence-electron chi connectivity index (χ4n) is 2.88. The van der Waals surface area contributed by atoms with E-state index in [0.29, 0.717) is 0 Å². The van der Waals surface area contributed by atoms with Gasteiger partial charge in [0.15, 0.2) is 0 Å². The third-order valence-electron chi connectivity index (χ3n) is 4.28. The zero-order valence-electron chi connectivity index (χ0n) is 13.3. The Morgan fingerprint density at radius 2 is 0.778 bits per heavy atom. The van der Waals surface area contributed by atoms with Gasteiger partial charge in [-0.3, -0.25) is 0 Å². The predicted molar refractivity (Wildman–Crippen MR) is 91.9 cm³/mol. The van der Waals surface area contributed by atoms with Crippen molar-refractivity contribution in [1.82, 2.24) is 0 Å². The predicted octanol–water partition coefficient (Wildman–Crippen LogP) is 6.89. The van der Waals surface area contributed by atoms with Crippen molar-refractivity contribution in [3.63, 3.8) is 0 Å². The molecule has 0 nitrogen and oxygen atoms in total. The number of halogens is 1. The summed E-state index contributed by atoms with van der Waals surface area (Å²) in [5.74, 6) is -1.89. The molecule has 0 heterocycles. The normalized spacial score (nSPS) is 14.4. The zero-order chi connectivity index (χ0) is 13.9. The second kappa shape index (κ2) is 9.60. The molecule has 112 valence electrons. The molecule has 0 aromatic rings. The van der Waals surface area contributed by atoms with Crippen molar-refractivity contribution in [1.29, 1.82) is 0 Å². The molecule has 0 unspecified atom stereocenters. The van der Waals surface area contributed by atoms with Gasteiger partial charge in [0.25, 0.3) is 0 Å². The van der Waals surface area contributed by atoms with Crippen LogP contribution >= 0.6 is 17.2 Å². The van der Waals surface area contributed by atoms with Gasteiger partial charge in [-0.05, 0) is 0 Å². The molecule has 0 saturated heterocycles. The molecule has 0 N–H and O–H groups in total. The first-order valence-electron chi connectivity index (χ1n) is 8.26. The van der Waals surface area contributed by atoms with Crippen LogP contribution in [0, 0.1) is 0 Å². The van der Waals surface area contributed by atoms with E-state index in [2.05, 4.69) is 27.7 Å². The van der Waals surface area contributed by atoms with Crippen LogP contribution in [0.25, 0.3) is 0 Å². The van der Waals surface area contributed by atoms with Gasteiger partial charge in [0, 0.05) is 0 Å². The minimum atomic E-state index is -1.89. The SMILES string of the molecule is CCCCP(Cl)(CCCC)(CCCC)CCCC. The molecular weight excluding hydrogens is 259 g/mol. The van der Waals surface area contributed by atoms with E-state index in [1.165, 1.54) is 76.0 Å². The van der Waals surface area contributed by atoms with Gasteiger partial charge in [-0.25, -0.2) is 0 Å². The van der Waals surface area contributed by atoms with Crippen molar-refractivity contribution in [2.24, 2.45) is 0 Å². The molecule has 0 aromatic heterocycles. The minimum absolute atomic E-state index is 1.30. The van der Waals surface area contributed by atoms with Crippen LogP contribution in [0.3, 0.4) is 0 Å². The van der Waals surface area contributed by atoms with Gasteiger partial charge in [-0.1, -0.05) is 0 Å². The molecule has 0 rings (SSSR count). The van der Waals surface area contributed by atoms with Crippen molar-refractivity contribution in [2.75, 3.05) is 24.6 Å². The van der Waals surface area contributed by atoms with Gasteiger partial charge in [0.05, 0.1) is 0 Å². The van der Waals surface area contributed by atoms with E-state index in [0.717, 1.165) is 0 Å². The standard InChI is InChI=1S/C16H36ClP/c1-5-9-13-18(17,14-10-6-2,15-11-7-3)16-12-8-4/h5-16H2,1-4H3. The molecule has 0 spiro atoms. The van der Waals surface area contributed by atoms with Gasteiger partial charge >= 0.3 is 121 Å². The first-order valence-corrected chi connectivity index (χ1v) is 12.1. The van der Waals surface area contributed by atoms with E-state index in [1.54, 1.807) is 0 Å². The Balaban J connectivity index is 4.82. The van der Waals surface area contributed by atoms with Crippen LogP contribution in [0.2, 0.25) is 0 Å². The summed E-state index contributed by atoms with van der Waals surface area (Å²) in [5, 5.41) is 0. The van der Waals surface area contributed by atoms with Crippen LogP contribution in [0.1, 0.15) is 79.1 Å². The van der Waals surface area contributed by atoms with Crippen LogP contribution in [-0.2, 0) is 0 Å². The van der Waals surface area contributed by atoms with E-state index in [1.807, 2.05) is 0 Å². The quantitative estimate of drug-likeness (QED) is 0.344. The Hall–Kier alpha value is 0.720. The summed E-state index contributed by atoms with van der Waals surface area (Å²) in [5.41, 5.74) is 0. The molecule has 0 bridgehead atoms. The van der Waals surface area contributed by atoms with Gasteiger partial charge in [0.2, 0.25) is 0 Å². The molecule has 0 aliphatic rings. The molecular formula is C16H36ClP.